The average Bonchev–Trinajstić information content (AvgIpc) is 2.51. The number of amidine groups is 1. The maximum atomic E-state index is 8.69. The normalized spacial score (nSPS) is 13.7. The van der Waals surface area contributed by atoms with Gasteiger partial charge in [0.2, 0.25) is 0 Å². The van der Waals surface area contributed by atoms with Crippen molar-refractivity contribution in [3.63, 3.8) is 0 Å². The van der Waals surface area contributed by atoms with Crippen molar-refractivity contribution in [3.05, 3.63) is 34.3 Å². The molecule has 0 spiro atoms. The number of nitrogens with zero attached hydrogens (tertiary/aromatic N) is 2. The Kier molecular flexibility index (Phi) is 7.50. The molecule has 1 atom stereocenters. The molecule has 1 rings (SSSR count). The largest absolute Gasteiger partial charge is 0.409 e. The Morgan fingerprint density at radius 2 is 2.24 bits per heavy atom. The highest BCUT2D eigenvalue weighted by Crippen LogP contribution is 2.21. The van der Waals surface area contributed by atoms with Crippen molar-refractivity contribution in [2.45, 2.75) is 32.9 Å². The lowest BCUT2D eigenvalue weighted by Crippen LogP contribution is -2.35. The fourth-order valence-electron chi connectivity index (χ4n) is 2.03. The van der Waals surface area contributed by atoms with E-state index < -0.39 is 0 Å². The van der Waals surface area contributed by atoms with E-state index in [9.17, 15) is 0 Å². The van der Waals surface area contributed by atoms with Crippen LogP contribution in [0.4, 0.5) is 0 Å². The van der Waals surface area contributed by atoms with Crippen molar-refractivity contribution in [2.24, 2.45) is 10.9 Å². The van der Waals surface area contributed by atoms with Crippen LogP contribution < -0.4 is 5.73 Å². The van der Waals surface area contributed by atoms with Crippen molar-refractivity contribution >= 4 is 17.4 Å². The molecule has 0 radical (unpaired) electrons. The summed E-state index contributed by atoms with van der Waals surface area (Å²) < 4.78 is 5.17. The van der Waals surface area contributed by atoms with Gasteiger partial charge in [-0.3, -0.25) is 4.90 Å². The van der Waals surface area contributed by atoms with Crippen molar-refractivity contribution < 1.29 is 9.94 Å². The maximum Gasteiger partial charge on any atom is 0.170 e. The van der Waals surface area contributed by atoms with Gasteiger partial charge in [0.1, 0.15) is 0 Å². The minimum absolute atomic E-state index is 0.0571. The number of nitrogens with two attached hydrogens (primary N) is 1. The zero-order chi connectivity index (χ0) is 15.8. The molecule has 0 amide bonds. The Labute approximate surface area is 131 Å². The molecule has 0 aliphatic heterocycles. The van der Waals surface area contributed by atoms with Crippen LogP contribution in [0.3, 0.4) is 0 Å². The molecule has 0 aliphatic rings. The number of rotatable bonds is 8. The number of ether oxygens (including phenoxy) is 1. The van der Waals surface area contributed by atoms with Gasteiger partial charge in [0.05, 0.1) is 6.61 Å². The first kappa shape index (κ1) is 17.8. The third kappa shape index (κ3) is 5.19. The first-order chi connectivity index (χ1) is 10.0. The Morgan fingerprint density at radius 1 is 1.52 bits per heavy atom. The zero-order valence-electron chi connectivity index (χ0n) is 12.8. The van der Waals surface area contributed by atoms with E-state index in [0.29, 0.717) is 23.2 Å². The first-order valence-corrected chi connectivity index (χ1v) is 7.40. The molecule has 0 saturated heterocycles. The van der Waals surface area contributed by atoms with Crippen molar-refractivity contribution in [1.82, 2.24) is 4.90 Å². The highest BCUT2D eigenvalue weighted by molar-refractivity contribution is 6.31. The molecule has 0 bridgehead atoms. The highest BCUT2D eigenvalue weighted by Gasteiger charge is 2.14. The van der Waals surface area contributed by atoms with Gasteiger partial charge in [0.25, 0.3) is 0 Å². The fraction of sp³-hybridized carbons (Fsp3) is 0.533. The van der Waals surface area contributed by atoms with Crippen LogP contribution in [0.2, 0.25) is 5.02 Å². The average molecular weight is 314 g/mol. The molecule has 1 unspecified atom stereocenters. The summed E-state index contributed by atoms with van der Waals surface area (Å²) in [6.07, 6.45) is 1.06. The second kappa shape index (κ2) is 8.87. The lowest BCUT2D eigenvalue weighted by atomic mass is 10.1. The molecule has 1 aromatic carbocycles. The van der Waals surface area contributed by atoms with Crippen molar-refractivity contribution in [2.75, 3.05) is 20.3 Å². The highest BCUT2D eigenvalue weighted by atomic mass is 35.5. The molecule has 1 aromatic rings. The third-order valence-corrected chi connectivity index (χ3v) is 3.98. The van der Waals surface area contributed by atoms with Gasteiger partial charge in [0, 0.05) is 36.8 Å². The Morgan fingerprint density at radius 3 is 2.76 bits per heavy atom. The summed E-state index contributed by atoms with van der Waals surface area (Å²) in [5.74, 6) is 0.0571. The van der Waals surface area contributed by atoms with E-state index in [0.717, 1.165) is 25.1 Å². The molecule has 0 aromatic heterocycles. The first-order valence-electron chi connectivity index (χ1n) is 7.02. The zero-order valence-corrected chi connectivity index (χ0v) is 13.6. The van der Waals surface area contributed by atoms with Gasteiger partial charge in [-0.2, -0.15) is 0 Å². The lowest BCUT2D eigenvalue weighted by Gasteiger charge is -2.28. The quantitative estimate of drug-likeness (QED) is 0.335. The molecule has 118 valence electrons. The van der Waals surface area contributed by atoms with Gasteiger partial charge in [-0.05, 0) is 25.0 Å². The van der Waals surface area contributed by atoms with Crippen molar-refractivity contribution in [1.29, 1.82) is 0 Å². The molecule has 0 heterocycles. The SMILES string of the molecule is CCC(C)N(CCOC)Cc1ccc(/C(N)=N/O)cc1Cl. The molecule has 0 aliphatic carbocycles. The Balaban J connectivity index is 2.88. The van der Waals surface area contributed by atoms with Crippen LogP contribution in [-0.2, 0) is 11.3 Å². The van der Waals surface area contributed by atoms with Crippen LogP contribution >= 0.6 is 11.6 Å². The van der Waals surface area contributed by atoms with Gasteiger partial charge in [-0.15, -0.1) is 0 Å². The van der Waals surface area contributed by atoms with Crippen LogP contribution in [0, 0.1) is 0 Å². The molecule has 0 saturated carbocycles. The van der Waals surface area contributed by atoms with Gasteiger partial charge >= 0.3 is 0 Å². The van der Waals surface area contributed by atoms with E-state index in [-0.39, 0.29) is 5.84 Å². The fourth-order valence-corrected chi connectivity index (χ4v) is 2.27. The summed E-state index contributed by atoms with van der Waals surface area (Å²) in [4.78, 5) is 2.33. The predicted molar refractivity (Wildman–Crippen MR) is 86.0 cm³/mol. The molecule has 0 fully saturated rings. The molecule has 6 heteroatoms. The second-order valence-corrected chi connectivity index (χ2v) is 5.42. The lowest BCUT2D eigenvalue weighted by molar-refractivity contribution is 0.118. The monoisotopic (exact) mass is 313 g/mol. The molecule has 3 N–H and O–H groups in total. The van der Waals surface area contributed by atoms with Crippen LogP contribution in [0.25, 0.3) is 0 Å². The van der Waals surface area contributed by atoms with Crippen LogP contribution in [0.5, 0.6) is 0 Å². The van der Waals surface area contributed by atoms with E-state index in [2.05, 4.69) is 23.9 Å². The number of methoxy groups -OCH3 is 1. The Bertz CT molecular complexity index is 480. The third-order valence-electron chi connectivity index (χ3n) is 3.63. The predicted octanol–water partition coefficient (Wildman–Crippen LogP) is 2.68. The van der Waals surface area contributed by atoms with Gasteiger partial charge in [0.15, 0.2) is 5.84 Å². The second-order valence-electron chi connectivity index (χ2n) is 5.01. The minimum Gasteiger partial charge on any atom is -0.409 e. The van der Waals surface area contributed by atoms with E-state index >= 15 is 0 Å². The Hall–Kier alpha value is -1.30. The maximum absolute atomic E-state index is 8.69. The summed E-state index contributed by atoms with van der Waals surface area (Å²) in [6, 6.07) is 5.89. The van der Waals surface area contributed by atoms with Crippen LogP contribution in [-0.4, -0.2) is 42.2 Å². The molecule has 5 nitrogen and oxygen atoms in total. The topological polar surface area (TPSA) is 71.1 Å². The van der Waals surface area contributed by atoms with Gasteiger partial charge in [-0.1, -0.05) is 35.8 Å². The summed E-state index contributed by atoms with van der Waals surface area (Å²) in [5.41, 5.74) is 7.19. The summed E-state index contributed by atoms with van der Waals surface area (Å²) in [6.45, 7) is 6.63. The summed E-state index contributed by atoms with van der Waals surface area (Å²) in [5, 5.41) is 12.3. The minimum atomic E-state index is 0.0571. The van der Waals surface area contributed by atoms with Crippen molar-refractivity contribution in [3.8, 4) is 0 Å². The van der Waals surface area contributed by atoms with E-state index in [4.69, 9.17) is 27.3 Å². The van der Waals surface area contributed by atoms with E-state index in [1.165, 1.54) is 0 Å². The summed E-state index contributed by atoms with van der Waals surface area (Å²) >= 11 is 6.31. The number of hydrogen-bond acceptors (Lipinski definition) is 4. The van der Waals surface area contributed by atoms with Crippen LogP contribution in [0.1, 0.15) is 31.4 Å². The molecular weight excluding hydrogens is 290 g/mol. The summed E-state index contributed by atoms with van der Waals surface area (Å²) in [7, 11) is 1.70. The number of halogens is 1. The number of benzene rings is 1. The van der Waals surface area contributed by atoms with E-state index in [1.807, 2.05) is 6.07 Å². The smallest absolute Gasteiger partial charge is 0.170 e. The van der Waals surface area contributed by atoms with E-state index in [1.54, 1.807) is 19.2 Å². The van der Waals surface area contributed by atoms with Gasteiger partial charge in [-0.25, -0.2) is 0 Å². The molecule has 21 heavy (non-hydrogen) atoms. The number of oxime groups is 1. The molecular formula is C15H24ClN3O2. The van der Waals surface area contributed by atoms with Crippen LogP contribution in [0.15, 0.2) is 23.4 Å². The number of hydrogen-bond donors (Lipinski definition) is 2. The standard InChI is InChI=1S/C15H24ClN3O2/c1-4-11(2)19(7-8-21-3)10-13-6-5-12(9-14(13)16)15(17)18-20/h5-6,9,11,20H,4,7-8,10H2,1-3H3,(H2,17,18). The van der Waals surface area contributed by atoms with Gasteiger partial charge < -0.3 is 15.7 Å².